The quantitative estimate of drug-likeness (QED) is 0.385. The average molecular weight is 571 g/mol. The molecule has 0 aliphatic heterocycles. The van der Waals surface area contributed by atoms with Crippen LogP contribution < -0.4 is 10.6 Å². The molecule has 206 valence electrons. The van der Waals surface area contributed by atoms with Gasteiger partial charge in [0.2, 0.25) is 5.91 Å². The molecule has 3 atom stereocenters. The first kappa shape index (κ1) is 28.4. The topological polar surface area (TPSA) is 133 Å². The van der Waals surface area contributed by atoms with Crippen LogP contribution in [0.4, 0.5) is 14.5 Å². The maximum Gasteiger partial charge on any atom is 0.255 e. The van der Waals surface area contributed by atoms with E-state index in [9.17, 15) is 37.0 Å². The molecule has 0 saturated heterocycles. The second kappa shape index (κ2) is 10.5. The van der Waals surface area contributed by atoms with Crippen molar-refractivity contribution in [3.8, 4) is 0 Å². The van der Waals surface area contributed by atoms with Gasteiger partial charge in [-0.15, -0.1) is 0 Å². The first-order chi connectivity index (χ1) is 17.7. The summed E-state index contributed by atoms with van der Waals surface area (Å²) < 4.78 is 53.9. The number of hydrogen-bond acceptors (Lipinski definition) is 6. The first-order valence-electron chi connectivity index (χ1n) is 12.2. The summed E-state index contributed by atoms with van der Waals surface area (Å²) in [5.74, 6) is -4.22. The number of rotatable bonds is 8. The zero-order valence-corrected chi connectivity index (χ0v) is 22.3. The Kier molecular flexibility index (Phi) is 7.86. The number of anilines is 1. The second-order valence-corrected chi connectivity index (χ2v) is 12.9. The highest BCUT2D eigenvalue weighted by molar-refractivity contribution is 7.92. The number of amides is 2. The molecule has 3 aliphatic rings. The third-order valence-corrected chi connectivity index (χ3v) is 10.4. The molecular formula is C26H29ClF2N2O6S. The van der Waals surface area contributed by atoms with Crippen molar-refractivity contribution in [2.75, 3.05) is 11.9 Å². The van der Waals surface area contributed by atoms with Gasteiger partial charge in [-0.05, 0) is 67.9 Å². The van der Waals surface area contributed by atoms with Crippen molar-refractivity contribution < 1.29 is 37.0 Å². The maximum atomic E-state index is 13.6. The molecule has 8 nitrogen and oxygen atoms in total. The third-order valence-electron chi connectivity index (χ3n) is 7.74. The molecule has 12 heteroatoms. The van der Waals surface area contributed by atoms with Crippen LogP contribution in [0.5, 0.6) is 0 Å². The van der Waals surface area contributed by atoms with Crippen molar-refractivity contribution in [2.45, 2.75) is 55.0 Å². The molecule has 38 heavy (non-hydrogen) atoms. The van der Waals surface area contributed by atoms with E-state index in [-0.39, 0.29) is 52.9 Å². The first-order valence-corrected chi connectivity index (χ1v) is 14.1. The summed E-state index contributed by atoms with van der Waals surface area (Å²) in [5, 5.41) is 24.6. The van der Waals surface area contributed by atoms with Crippen LogP contribution in [-0.4, -0.2) is 53.9 Å². The van der Waals surface area contributed by atoms with Gasteiger partial charge in [0.25, 0.3) is 5.91 Å². The number of fused-ring (bicyclic) bond motifs is 2. The second-order valence-electron chi connectivity index (χ2n) is 10.3. The molecule has 5 rings (SSSR count). The van der Waals surface area contributed by atoms with Crippen molar-refractivity contribution in [1.82, 2.24) is 5.32 Å². The lowest BCUT2D eigenvalue weighted by molar-refractivity contribution is -0.219. The largest absolute Gasteiger partial charge is 0.392 e. The average Bonchev–Trinajstić information content (AvgIpc) is 2.85. The van der Waals surface area contributed by atoms with E-state index in [0.29, 0.717) is 0 Å². The number of hydrogen-bond donors (Lipinski definition) is 4. The van der Waals surface area contributed by atoms with Crippen LogP contribution >= 0.6 is 11.6 Å². The van der Waals surface area contributed by atoms with Gasteiger partial charge in [0.1, 0.15) is 0 Å². The highest BCUT2D eigenvalue weighted by Crippen LogP contribution is 2.60. The highest BCUT2D eigenvalue weighted by atomic mass is 35.5. The van der Waals surface area contributed by atoms with Crippen LogP contribution in [0.2, 0.25) is 5.02 Å². The van der Waals surface area contributed by atoms with Gasteiger partial charge >= 0.3 is 0 Å². The van der Waals surface area contributed by atoms with E-state index >= 15 is 0 Å². The van der Waals surface area contributed by atoms with Crippen LogP contribution in [-0.2, 0) is 14.6 Å². The molecule has 0 spiro atoms. The molecule has 3 saturated carbocycles. The van der Waals surface area contributed by atoms with Crippen LogP contribution in [0.3, 0.4) is 0 Å². The number of aliphatic hydroxyl groups is 2. The van der Waals surface area contributed by atoms with Gasteiger partial charge in [-0.3, -0.25) is 9.59 Å². The van der Waals surface area contributed by atoms with E-state index in [0.717, 1.165) is 18.2 Å². The van der Waals surface area contributed by atoms with Gasteiger partial charge in [-0.2, -0.15) is 0 Å². The van der Waals surface area contributed by atoms with Gasteiger partial charge in [0.05, 0.1) is 33.3 Å². The molecule has 2 aromatic rings. The minimum Gasteiger partial charge on any atom is -0.392 e. The summed E-state index contributed by atoms with van der Waals surface area (Å²) in [5.41, 5.74) is -1.39. The van der Waals surface area contributed by atoms with E-state index in [2.05, 4.69) is 10.6 Å². The monoisotopic (exact) mass is 570 g/mol. The van der Waals surface area contributed by atoms with Crippen molar-refractivity contribution in [1.29, 1.82) is 0 Å². The van der Waals surface area contributed by atoms with E-state index in [1.165, 1.54) is 25.1 Å². The molecule has 2 unspecified atom stereocenters. The zero-order chi connectivity index (χ0) is 28.0. The predicted octanol–water partition coefficient (Wildman–Crippen LogP) is 3.31. The van der Waals surface area contributed by atoms with E-state index in [1.807, 2.05) is 6.92 Å². The van der Waals surface area contributed by atoms with Crippen molar-refractivity contribution in [3.63, 3.8) is 0 Å². The Bertz CT molecular complexity index is 1360. The fourth-order valence-electron chi connectivity index (χ4n) is 5.76. The fourth-order valence-corrected chi connectivity index (χ4v) is 8.12. The Morgan fingerprint density at radius 1 is 1.13 bits per heavy atom. The lowest BCUT2D eigenvalue weighted by Gasteiger charge is -2.62. The number of carbonyl (C=O) groups excluding carboxylic acids is 2. The van der Waals surface area contributed by atoms with E-state index in [1.54, 1.807) is 0 Å². The number of aliphatic hydroxyl groups excluding tert-OH is 1. The molecule has 3 fully saturated rings. The molecule has 2 amide bonds. The van der Waals surface area contributed by atoms with Crippen LogP contribution in [0.15, 0.2) is 41.3 Å². The zero-order valence-electron chi connectivity index (χ0n) is 20.7. The molecule has 0 radical (unpaired) electrons. The molecule has 2 bridgehead atoms. The summed E-state index contributed by atoms with van der Waals surface area (Å²) in [7, 11) is -4.03. The lowest BCUT2D eigenvalue weighted by atomic mass is 9.47. The maximum absolute atomic E-state index is 13.6. The number of sulfone groups is 1. The number of nitrogens with one attached hydrogen (secondary N) is 2. The standard InChI is InChI=1S/C26H29ClF2N2O6S/c1-13(32)12-30-24(33)11-26(35)18-9-17(10-19(26)14(18)2)38(36,37)23-7-15(3-5-20(23)27)25(34)31-16-4-6-21(28)22(29)8-16/h3-8,13-14,17-19,32,35H,9-12H2,1-2H3,(H,30,33)(H,31,34)/t13-,14-,17?,18?,19?,26+/m0/s1. The lowest BCUT2D eigenvalue weighted by Crippen LogP contribution is -2.68. The predicted molar refractivity (Wildman–Crippen MR) is 136 cm³/mol. The minimum atomic E-state index is -4.03. The summed E-state index contributed by atoms with van der Waals surface area (Å²) >= 11 is 6.24. The molecule has 3 aliphatic carbocycles. The van der Waals surface area contributed by atoms with E-state index < -0.39 is 62.1 Å². The van der Waals surface area contributed by atoms with Crippen LogP contribution in [0.25, 0.3) is 0 Å². The number of halogens is 3. The summed E-state index contributed by atoms with van der Waals surface area (Å²) in [6, 6.07) is 6.58. The minimum absolute atomic E-state index is 0.00798. The molecule has 4 N–H and O–H groups in total. The van der Waals surface area contributed by atoms with Gasteiger partial charge < -0.3 is 20.8 Å². The molecule has 2 aromatic carbocycles. The number of carbonyl (C=O) groups is 2. The summed E-state index contributed by atoms with van der Waals surface area (Å²) in [6.45, 7) is 3.49. The Morgan fingerprint density at radius 2 is 1.79 bits per heavy atom. The Labute approximate surface area is 224 Å². The van der Waals surface area contributed by atoms with Crippen molar-refractivity contribution in [2.24, 2.45) is 17.8 Å². The fraction of sp³-hybridized carbons (Fsp3) is 0.462. The Hall–Kier alpha value is -2.60. The summed E-state index contributed by atoms with van der Waals surface area (Å²) in [4.78, 5) is 24.8. The third kappa shape index (κ3) is 5.29. The summed E-state index contributed by atoms with van der Waals surface area (Å²) in [6.07, 6.45) is -0.696. The van der Waals surface area contributed by atoms with E-state index in [4.69, 9.17) is 11.6 Å². The van der Waals surface area contributed by atoms with Crippen LogP contribution in [0, 0.1) is 29.4 Å². The van der Waals surface area contributed by atoms with Crippen molar-refractivity contribution >= 4 is 38.9 Å². The Balaban J connectivity index is 1.51. The normalized spacial score (nSPS) is 27.2. The molecule has 0 aromatic heterocycles. The van der Waals surface area contributed by atoms with Crippen molar-refractivity contribution in [3.05, 3.63) is 58.6 Å². The Morgan fingerprint density at radius 3 is 2.39 bits per heavy atom. The highest BCUT2D eigenvalue weighted by Gasteiger charge is 2.64. The SMILES string of the molecule is C[C@H](O)CNC(=O)C[C@]1(O)C2CC(S(=O)(=O)c3cc(C(=O)Nc4ccc(F)c(F)c4)ccc3Cl)CC1[C@@H]2C. The molecular weight excluding hydrogens is 542 g/mol. The van der Waals surface area contributed by atoms with Crippen LogP contribution in [0.1, 0.15) is 43.5 Å². The van der Waals surface area contributed by atoms with Gasteiger partial charge in [0.15, 0.2) is 21.5 Å². The van der Waals surface area contributed by atoms with Gasteiger partial charge in [-0.25, -0.2) is 17.2 Å². The van der Waals surface area contributed by atoms with Gasteiger partial charge in [0, 0.05) is 23.9 Å². The number of benzene rings is 2. The smallest absolute Gasteiger partial charge is 0.255 e. The molecule has 0 heterocycles. The van der Waals surface area contributed by atoms with Gasteiger partial charge in [-0.1, -0.05) is 18.5 Å².